The van der Waals surface area contributed by atoms with Gasteiger partial charge in [0.05, 0.1) is 39.6 Å². The molecular formula is C42H58N5O17S4+. The fourth-order valence-electron chi connectivity index (χ4n) is 8.39. The van der Waals surface area contributed by atoms with Crippen LogP contribution in [0.3, 0.4) is 0 Å². The topological polar surface area (TPSA) is 348 Å². The van der Waals surface area contributed by atoms with Crippen molar-refractivity contribution in [3.63, 3.8) is 0 Å². The Morgan fingerprint density at radius 2 is 1.21 bits per heavy atom. The molecule has 22 nitrogen and oxygen atoms in total. The zero-order valence-electron chi connectivity index (χ0n) is 37.9. The van der Waals surface area contributed by atoms with Crippen LogP contribution in [0.25, 0.3) is 0 Å². The number of hydrogen-bond acceptors (Lipinski definition) is 13. The third kappa shape index (κ3) is 15.2. The summed E-state index contributed by atoms with van der Waals surface area (Å²) in [6, 6.07) is 7.64. The summed E-state index contributed by atoms with van der Waals surface area (Å²) in [6.45, 7) is 6.30. The Hall–Kier alpha value is -5.09. The van der Waals surface area contributed by atoms with Gasteiger partial charge in [-0.15, -0.1) is 0 Å². The number of fused-ring (bicyclic) bond motifs is 2. The van der Waals surface area contributed by atoms with Gasteiger partial charge in [0.15, 0.2) is 5.71 Å². The second-order valence-corrected chi connectivity index (χ2v) is 23.6. The number of amides is 3. The van der Waals surface area contributed by atoms with Crippen LogP contribution in [0, 0.1) is 0 Å². The quantitative estimate of drug-likeness (QED) is 0.0402. The minimum atomic E-state index is -4.52. The van der Waals surface area contributed by atoms with E-state index in [2.05, 4.69) is 16.0 Å². The third-order valence-corrected chi connectivity index (χ3v) is 14.4. The molecule has 0 bridgehead atoms. The number of carboxylic acids is 1. The van der Waals surface area contributed by atoms with Crippen LogP contribution < -0.4 is 20.9 Å². The molecule has 4 rings (SSSR count). The first-order valence-electron chi connectivity index (χ1n) is 21.3. The minimum Gasteiger partial charge on any atom is -0.481 e. The summed E-state index contributed by atoms with van der Waals surface area (Å²) in [4.78, 5) is 53.8. The first kappa shape index (κ1) is 55.5. The number of anilines is 1. The highest BCUT2D eigenvalue weighted by atomic mass is 32.2. The summed E-state index contributed by atoms with van der Waals surface area (Å²) >= 11 is 0. The van der Waals surface area contributed by atoms with E-state index in [1.165, 1.54) is 12.1 Å². The van der Waals surface area contributed by atoms with Gasteiger partial charge in [0.25, 0.3) is 58.2 Å². The Kier molecular flexibility index (Phi) is 18.1. The van der Waals surface area contributed by atoms with Crippen molar-refractivity contribution >= 4 is 81.2 Å². The summed E-state index contributed by atoms with van der Waals surface area (Å²) in [5, 5.41) is 16.6. The smallest absolute Gasteiger partial charge is 0.303 e. The second kappa shape index (κ2) is 22.1. The van der Waals surface area contributed by atoms with Crippen molar-refractivity contribution in [2.75, 3.05) is 60.6 Å². The van der Waals surface area contributed by atoms with Crippen LogP contribution in [0.15, 0.2) is 54.3 Å². The van der Waals surface area contributed by atoms with Gasteiger partial charge < -0.3 is 26.0 Å². The van der Waals surface area contributed by atoms with Crippen LogP contribution in [0.2, 0.25) is 0 Å². The molecule has 3 amide bonds. The molecular weight excluding hydrogens is 975 g/mol. The summed E-state index contributed by atoms with van der Waals surface area (Å²) in [6.07, 6.45) is 6.37. The fraction of sp³-hybridized carbons (Fsp3) is 0.500. The number of nitrogens with one attached hydrogen (secondary N) is 3. The van der Waals surface area contributed by atoms with E-state index < -0.39 is 111 Å². The van der Waals surface area contributed by atoms with Gasteiger partial charge in [-0.25, -0.2) is 0 Å². The molecule has 0 aromatic heterocycles. The van der Waals surface area contributed by atoms with Crippen molar-refractivity contribution in [1.29, 1.82) is 0 Å². The van der Waals surface area contributed by atoms with E-state index >= 15 is 0 Å². The molecule has 2 aromatic carbocycles. The molecule has 0 aliphatic carbocycles. The summed E-state index contributed by atoms with van der Waals surface area (Å²) in [5.74, 6) is -6.02. The summed E-state index contributed by atoms with van der Waals surface area (Å²) in [5.41, 5.74) is 0.566. The van der Waals surface area contributed by atoms with Gasteiger partial charge in [0, 0.05) is 84.7 Å². The van der Waals surface area contributed by atoms with Crippen LogP contribution in [-0.4, -0.2) is 147 Å². The molecule has 2 aliphatic heterocycles. The van der Waals surface area contributed by atoms with E-state index in [-0.39, 0.29) is 61.3 Å². The molecule has 0 saturated heterocycles. The average molecular weight is 1030 g/mol. The molecule has 0 spiro atoms. The average Bonchev–Trinajstić information content (AvgIpc) is 3.54. The first-order chi connectivity index (χ1) is 31.3. The van der Waals surface area contributed by atoms with Crippen LogP contribution in [-0.2, 0) is 56.1 Å². The summed E-state index contributed by atoms with van der Waals surface area (Å²) in [7, 11) is -17.8. The minimum absolute atomic E-state index is 0.00488. The van der Waals surface area contributed by atoms with E-state index in [4.69, 9.17) is 5.11 Å². The van der Waals surface area contributed by atoms with Gasteiger partial charge in [0.2, 0.25) is 5.69 Å². The highest BCUT2D eigenvalue weighted by Crippen LogP contribution is 2.50. The van der Waals surface area contributed by atoms with Gasteiger partial charge in [-0.3, -0.25) is 37.4 Å². The summed E-state index contributed by atoms with van der Waals surface area (Å²) < 4.78 is 132. The van der Waals surface area contributed by atoms with Gasteiger partial charge in [0.1, 0.15) is 6.54 Å². The zero-order chi connectivity index (χ0) is 51.0. The molecule has 2 heterocycles. The first-order valence-corrected chi connectivity index (χ1v) is 27.8. The SMILES string of the molecule is CC1(C)C(/C=C/C=C2/N(CCCS(=O)(=O)O)c3cccc(C(=O)NCCCCCC(=O)O)c3C2(C)C)=[N+](CCCS(=O)(=O)O)c2cc(C(=O)NCCS(=O)(=O)O)cc(C(=O)NCCS(=O)(=O)O)c21. The molecule has 0 atom stereocenters. The third-order valence-electron chi connectivity index (χ3n) is 11.3. The van der Waals surface area contributed by atoms with Gasteiger partial charge in [-0.1, -0.05) is 32.4 Å². The molecule has 68 heavy (non-hydrogen) atoms. The Morgan fingerprint density at radius 1 is 0.647 bits per heavy atom. The predicted molar refractivity (Wildman–Crippen MR) is 251 cm³/mol. The zero-order valence-corrected chi connectivity index (χ0v) is 41.2. The lowest BCUT2D eigenvalue weighted by atomic mass is 9.78. The van der Waals surface area contributed by atoms with E-state index in [0.29, 0.717) is 47.5 Å². The standard InChI is InChI=1S/C42H57N5O17S4/c1-41(2)33(46(20-10-22-65(53,54)55)31-13-8-12-29(36(31)41)39(51)43-17-7-5-6-16-35(48)49)14-9-15-34-42(3,4)37-30(40(52)45-19-25-68(62,63)64)26-28(38(50)44-18-24-67(59,60)61)27-32(37)47(34)21-11-23-66(56,57)58/h8-9,12-15,26-27H,5-7,10-11,16-25H2,1-4H3,(H7-,43,44,45,48,49,50,51,52,53,54,55,56,57,58,59,60,61,62,63,64)/p+1. The van der Waals surface area contributed by atoms with Crippen molar-refractivity contribution < 1.29 is 80.7 Å². The molecule has 0 fully saturated rings. The number of nitrogens with zero attached hydrogens (tertiary/aromatic N) is 2. The molecule has 8 N–H and O–H groups in total. The van der Waals surface area contributed by atoms with Crippen molar-refractivity contribution in [3.8, 4) is 0 Å². The number of carbonyl (C=O) groups is 4. The number of hydrogen-bond donors (Lipinski definition) is 8. The number of allylic oxidation sites excluding steroid dienone is 4. The predicted octanol–water partition coefficient (Wildman–Crippen LogP) is 2.47. The van der Waals surface area contributed by atoms with Gasteiger partial charge in [-0.2, -0.15) is 38.2 Å². The van der Waals surface area contributed by atoms with Crippen LogP contribution in [0.4, 0.5) is 11.4 Å². The van der Waals surface area contributed by atoms with Crippen molar-refractivity contribution in [1.82, 2.24) is 16.0 Å². The number of carboxylic acid groups (broad SMARTS) is 1. The van der Waals surface area contributed by atoms with E-state index in [9.17, 15) is 71.1 Å². The Balaban J connectivity index is 1.87. The number of aliphatic carboxylic acids is 1. The fourth-order valence-corrected chi connectivity index (χ4v) is 10.1. The lowest BCUT2D eigenvalue weighted by molar-refractivity contribution is -0.437. The molecule has 2 aliphatic rings. The Bertz CT molecular complexity index is 2850. The molecule has 376 valence electrons. The lowest BCUT2D eigenvalue weighted by Crippen LogP contribution is -2.34. The highest BCUT2D eigenvalue weighted by molar-refractivity contribution is 7.86. The number of unbranched alkanes of at least 4 members (excludes halogenated alkanes) is 2. The van der Waals surface area contributed by atoms with Crippen molar-refractivity contribution in [3.05, 3.63) is 82.1 Å². The molecule has 26 heteroatoms. The van der Waals surface area contributed by atoms with Gasteiger partial charge in [-0.05, 0) is 57.4 Å². The van der Waals surface area contributed by atoms with E-state index in [1.54, 1.807) is 54.9 Å². The number of carbonyl (C=O) groups excluding carboxylic acids is 3. The number of benzene rings is 2. The largest absolute Gasteiger partial charge is 0.481 e. The monoisotopic (exact) mass is 1030 g/mol. The molecule has 0 radical (unpaired) electrons. The second-order valence-electron chi connectivity index (χ2n) is 17.3. The van der Waals surface area contributed by atoms with Crippen molar-refractivity contribution in [2.24, 2.45) is 0 Å². The van der Waals surface area contributed by atoms with Crippen LogP contribution in [0.1, 0.15) is 108 Å². The lowest BCUT2D eigenvalue weighted by Gasteiger charge is -2.27. The van der Waals surface area contributed by atoms with Gasteiger partial charge >= 0.3 is 5.97 Å². The van der Waals surface area contributed by atoms with Crippen LogP contribution in [0.5, 0.6) is 0 Å². The maximum atomic E-state index is 13.9. The highest BCUT2D eigenvalue weighted by Gasteiger charge is 2.48. The normalized spacial score (nSPS) is 16.2. The maximum Gasteiger partial charge on any atom is 0.303 e. The number of rotatable bonds is 25. The molecule has 0 unspecified atom stereocenters. The Morgan fingerprint density at radius 3 is 1.79 bits per heavy atom. The molecule has 0 saturated carbocycles. The van der Waals surface area contributed by atoms with E-state index in [0.717, 1.165) is 0 Å². The van der Waals surface area contributed by atoms with Crippen molar-refractivity contribution in [2.45, 2.75) is 77.0 Å². The van der Waals surface area contributed by atoms with Crippen LogP contribution >= 0.6 is 0 Å². The van der Waals surface area contributed by atoms with E-state index in [1.807, 2.05) is 18.7 Å². The Labute approximate surface area is 396 Å². The molecule has 2 aromatic rings. The maximum absolute atomic E-state index is 13.9.